The summed E-state index contributed by atoms with van der Waals surface area (Å²) in [7, 11) is 0. The lowest BCUT2D eigenvalue weighted by Gasteiger charge is -2.29. The number of benzene rings is 2. The molecule has 0 radical (unpaired) electrons. The van der Waals surface area contributed by atoms with Gasteiger partial charge in [0, 0.05) is 38.2 Å². The van der Waals surface area contributed by atoms with E-state index in [9.17, 15) is 4.79 Å². The van der Waals surface area contributed by atoms with E-state index in [0.29, 0.717) is 13.2 Å². The lowest BCUT2D eigenvalue weighted by Crippen LogP contribution is -2.43. The van der Waals surface area contributed by atoms with Gasteiger partial charge in [-0.05, 0) is 23.6 Å². The molecule has 2 aromatic rings. The van der Waals surface area contributed by atoms with E-state index < -0.39 is 0 Å². The summed E-state index contributed by atoms with van der Waals surface area (Å²) in [6.45, 7) is 4.17. The molecule has 5 heteroatoms. The first-order valence-electron chi connectivity index (χ1n) is 9.35. The van der Waals surface area contributed by atoms with Gasteiger partial charge in [0.2, 0.25) is 0 Å². The van der Waals surface area contributed by atoms with Crippen LogP contribution in [0.3, 0.4) is 0 Å². The molecule has 136 valence electrons. The van der Waals surface area contributed by atoms with E-state index in [1.165, 1.54) is 11.1 Å². The van der Waals surface area contributed by atoms with Crippen molar-refractivity contribution in [2.45, 2.75) is 25.4 Å². The maximum absolute atomic E-state index is 12.3. The van der Waals surface area contributed by atoms with Crippen molar-refractivity contribution < 1.29 is 9.53 Å². The Labute approximate surface area is 154 Å². The number of rotatable bonds is 4. The van der Waals surface area contributed by atoms with E-state index in [-0.39, 0.29) is 12.1 Å². The quantitative estimate of drug-likeness (QED) is 0.891. The summed E-state index contributed by atoms with van der Waals surface area (Å²) in [5.41, 5.74) is 3.91. The Hall–Kier alpha value is -2.53. The summed E-state index contributed by atoms with van der Waals surface area (Å²) < 4.78 is 5.65. The van der Waals surface area contributed by atoms with Crippen molar-refractivity contribution in [3.63, 3.8) is 0 Å². The highest BCUT2D eigenvalue weighted by Crippen LogP contribution is 2.31. The van der Waals surface area contributed by atoms with Crippen LogP contribution in [0, 0.1) is 0 Å². The lowest BCUT2D eigenvalue weighted by molar-refractivity contribution is 0.218. The average molecular weight is 351 g/mol. The minimum absolute atomic E-state index is 0.0156. The van der Waals surface area contributed by atoms with E-state index in [4.69, 9.17) is 4.74 Å². The second-order valence-electron chi connectivity index (χ2n) is 6.92. The first-order valence-corrected chi connectivity index (χ1v) is 9.35. The van der Waals surface area contributed by atoms with Crippen molar-refractivity contribution in [3.05, 3.63) is 65.2 Å². The second-order valence-corrected chi connectivity index (χ2v) is 6.92. The van der Waals surface area contributed by atoms with Crippen molar-refractivity contribution in [1.82, 2.24) is 15.5 Å². The number of hydrogen-bond acceptors (Lipinski definition) is 3. The summed E-state index contributed by atoms with van der Waals surface area (Å²) in [5.74, 6) is 0.871. The van der Waals surface area contributed by atoms with Crippen LogP contribution in [-0.2, 0) is 13.0 Å². The van der Waals surface area contributed by atoms with Gasteiger partial charge < -0.3 is 15.4 Å². The van der Waals surface area contributed by atoms with Crippen LogP contribution in [0.2, 0.25) is 0 Å². The topological polar surface area (TPSA) is 53.6 Å². The number of para-hydroxylation sites is 1. The molecule has 0 fully saturated rings. The zero-order valence-electron chi connectivity index (χ0n) is 14.9. The van der Waals surface area contributed by atoms with Crippen LogP contribution < -0.4 is 15.4 Å². The van der Waals surface area contributed by atoms with Gasteiger partial charge in [0.05, 0.1) is 12.6 Å². The maximum atomic E-state index is 12.3. The molecule has 0 saturated carbocycles. The fraction of sp³-hybridized carbons (Fsp3) is 0.381. The van der Waals surface area contributed by atoms with Crippen molar-refractivity contribution in [2.24, 2.45) is 0 Å². The molecule has 2 N–H and O–H groups in total. The molecular formula is C21H25N3O2. The van der Waals surface area contributed by atoms with Crippen LogP contribution in [0.15, 0.2) is 48.5 Å². The molecule has 0 bridgehead atoms. The maximum Gasteiger partial charge on any atom is 0.315 e. The number of nitrogens with one attached hydrogen (secondary N) is 2. The molecule has 0 spiro atoms. The summed E-state index contributed by atoms with van der Waals surface area (Å²) in [4.78, 5) is 14.7. The third-order valence-corrected chi connectivity index (χ3v) is 5.19. The number of carbonyl (C=O) groups is 1. The molecule has 0 saturated heterocycles. The van der Waals surface area contributed by atoms with E-state index in [1.54, 1.807) is 0 Å². The zero-order valence-corrected chi connectivity index (χ0v) is 14.9. The Bertz CT molecular complexity index is 777. The summed E-state index contributed by atoms with van der Waals surface area (Å²) in [6.07, 6.45) is 1.88. The Morgan fingerprint density at radius 3 is 2.85 bits per heavy atom. The third-order valence-electron chi connectivity index (χ3n) is 5.19. The minimum atomic E-state index is -0.107. The standard InChI is InChI=1S/C21H25N3O2/c25-21(23-19-10-14-26-20-8-4-3-7-18(19)20)22-11-13-24-12-9-16-5-1-2-6-17(16)15-24/h1-8,19H,9-15H2,(H2,22,23,25). The van der Waals surface area contributed by atoms with Crippen LogP contribution in [0.1, 0.15) is 29.2 Å². The van der Waals surface area contributed by atoms with E-state index in [2.05, 4.69) is 39.8 Å². The summed E-state index contributed by atoms with van der Waals surface area (Å²) in [5, 5.41) is 6.08. The highest BCUT2D eigenvalue weighted by atomic mass is 16.5. The Balaban J connectivity index is 1.24. The van der Waals surface area contributed by atoms with Gasteiger partial charge in [0.15, 0.2) is 0 Å². The number of urea groups is 1. The highest BCUT2D eigenvalue weighted by Gasteiger charge is 2.22. The van der Waals surface area contributed by atoms with Crippen molar-refractivity contribution in [2.75, 3.05) is 26.2 Å². The molecule has 1 unspecified atom stereocenters. The monoisotopic (exact) mass is 351 g/mol. The van der Waals surface area contributed by atoms with Gasteiger partial charge >= 0.3 is 6.03 Å². The first-order chi connectivity index (χ1) is 12.8. The van der Waals surface area contributed by atoms with Crippen LogP contribution in [0.4, 0.5) is 4.79 Å². The molecule has 2 aliphatic rings. The van der Waals surface area contributed by atoms with E-state index in [1.807, 2.05) is 24.3 Å². The molecule has 26 heavy (non-hydrogen) atoms. The fourth-order valence-corrected chi connectivity index (χ4v) is 3.77. The van der Waals surface area contributed by atoms with Crippen LogP contribution >= 0.6 is 0 Å². The Kier molecular flexibility index (Phi) is 5.07. The van der Waals surface area contributed by atoms with Gasteiger partial charge in [-0.3, -0.25) is 4.90 Å². The van der Waals surface area contributed by atoms with Crippen LogP contribution in [0.25, 0.3) is 0 Å². The smallest absolute Gasteiger partial charge is 0.315 e. The van der Waals surface area contributed by atoms with E-state index >= 15 is 0 Å². The Morgan fingerprint density at radius 2 is 1.92 bits per heavy atom. The fourth-order valence-electron chi connectivity index (χ4n) is 3.77. The first kappa shape index (κ1) is 16.9. The SMILES string of the molecule is O=C(NCCN1CCc2ccccc2C1)NC1CCOc2ccccc21. The molecule has 5 nitrogen and oxygen atoms in total. The number of nitrogens with zero attached hydrogens (tertiary/aromatic N) is 1. The van der Waals surface area contributed by atoms with Gasteiger partial charge in [0.25, 0.3) is 0 Å². The number of carbonyl (C=O) groups excluding carboxylic acids is 1. The van der Waals surface area contributed by atoms with Crippen molar-refractivity contribution >= 4 is 6.03 Å². The molecule has 2 aromatic carbocycles. The predicted octanol–water partition coefficient (Wildman–Crippen LogP) is 2.87. The summed E-state index contributed by atoms with van der Waals surface area (Å²) >= 11 is 0. The molecule has 2 amide bonds. The Morgan fingerprint density at radius 1 is 1.12 bits per heavy atom. The normalized spacial score (nSPS) is 19.0. The number of hydrogen-bond donors (Lipinski definition) is 2. The third kappa shape index (κ3) is 3.83. The summed E-state index contributed by atoms with van der Waals surface area (Å²) in [6, 6.07) is 16.4. The van der Waals surface area contributed by atoms with Crippen molar-refractivity contribution in [1.29, 1.82) is 0 Å². The van der Waals surface area contributed by atoms with Crippen LogP contribution in [-0.4, -0.2) is 37.2 Å². The van der Waals surface area contributed by atoms with Gasteiger partial charge in [-0.1, -0.05) is 42.5 Å². The number of ether oxygens (including phenoxy) is 1. The highest BCUT2D eigenvalue weighted by molar-refractivity contribution is 5.74. The molecule has 2 aliphatic heterocycles. The van der Waals surface area contributed by atoms with Gasteiger partial charge in [-0.25, -0.2) is 4.79 Å². The largest absolute Gasteiger partial charge is 0.493 e. The molecule has 0 aliphatic carbocycles. The minimum Gasteiger partial charge on any atom is -0.493 e. The molecule has 4 rings (SSSR count). The molecular weight excluding hydrogens is 326 g/mol. The zero-order chi connectivity index (χ0) is 17.8. The average Bonchev–Trinajstić information content (AvgIpc) is 2.68. The van der Waals surface area contributed by atoms with E-state index in [0.717, 1.165) is 43.8 Å². The van der Waals surface area contributed by atoms with Gasteiger partial charge in [-0.15, -0.1) is 0 Å². The van der Waals surface area contributed by atoms with Crippen molar-refractivity contribution in [3.8, 4) is 5.75 Å². The lowest BCUT2D eigenvalue weighted by atomic mass is 10.00. The number of amides is 2. The van der Waals surface area contributed by atoms with Crippen LogP contribution in [0.5, 0.6) is 5.75 Å². The molecule has 1 atom stereocenters. The number of fused-ring (bicyclic) bond motifs is 2. The predicted molar refractivity (Wildman–Crippen MR) is 101 cm³/mol. The van der Waals surface area contributed by atoms with Gasteiger partial charge in [-0.2, -0.15) is 0 Å². The molecule has 2 heterocycles. The van der Waals surface area contributed by atoms with Gasteiger partial charge in [0.1, 0.15) is 5.75 Å². The second kappa shape index (κ2) is 7.79. The molecule has 0 aromatic heterocycles.